The summed E-state index contributed by atoms with van der Waals surface area (Å²) in [5.41, 5.74) is -0.730. The van der Waals surface area contributed by atoms with Crippen LogP contribution in [0.3, 0.4) is 0 Å². The summed E-state index contributed by atoms with van der Waals surface area (Å²) in [6, 6.07) is 0. The molecule has 27 heavy (non-hydrogen) atoms. The first kappa shape index (κ1) is 17.6. The molecule has 4 fully saturated rings. The number of fused-ring (bicyclic) bond motifs is 1. The van der Waals surface area contributed by atoms with Gasteiger partial charge in [-0.15, -0.1) is 0 Å². The van der Waals surface area contributed by atoms with E-state index in [0.717, 1.165) is 5.57 Å². The number of carbonyl (C=O) groups excluding carboxylic acids is 2. The highest BCUT2D eigenvalue weighted by Gasteiger charge is 2.81. The number of hydrogen-bond donors (Lipinski definition) is 3. The molecule has 0 radical (unpaired) electrons. The Kier molecular flexibility index (Phi) is 3.18. The van der Waals surface area contributed by atoms with Crippen LogP contribution in [0.5, 0.6) is 0 Å². The molecule has 1 spiro atoms. The maximum absolute atomic E-state index is 12.5. The molecule has 9 atom stereocenters. The number of ketones is 1. The smallest absolute Gasteiger partial charge is 0.306 e. The first-order valence-electron chi connectivity index (χ1n) is 9.41. The van der Waals surface area contributed by atoms with Crippen molar-refractivity contribution >= 4 is 11.8 Å². The molecule has 5 rings (SSSR count). The molecule has 3 aliphatic carbocycles. The fourth-order valence-corrected chi connectivity index (χ4v) is 7.14. The largest absolute Gasteiger partial charge is 0.462 e. The fraction of sp³-hybridized carbons (Fsp3) is 0.700. The molecule has 0 aromatic carbocycles. The molecule has 3 N–H and O–H groups in total. The maximum atomic E-state index is 12.5. The fourth-order valence-electron chi connectivity index (χ4n) is 7.14. The van der Waals surface area contributed by atoms with Gasteiger partial charge in [-0.1, -0.05) is 19.1 Å². The Morgan fingerprint density at radius 1 is 1.22 bits per heavy atom. The van der Waals surface area contributed by atoms with Gasteiger partial charge in [-0.25, -0.2) is 0 Å². The molecule has 2 saturated heterocycles. The Morgan fingerprint density at radius 2 is 1.93 bits per heavy atom. The van der Waals surface area contributed by atoms with E-state index in [9.17, 15) is 24.9 Å². The molecule has 7 heteroatoms. The van der Waals surface area contributed by atoms with Crippen molar-refractivity contribution in [1.29, 1.82) is 0 Å². The van der Waals surface area contributed by atoms with Crippen LogP contribution in [0.4, 0.5) is 0 Å². The third kappa shape index (κ3) is 1.69. The first-order chi connectivity index (χ1) is 12.6. The Balaban J connectivity index is 1.79. The number of hydrogen-bond acceptors (Lipinski definition) is 7. The number of ether oxygens (including phenoxy) is 2. The van der Waals surface area contributed by atoms with E-state index in [4.69, 9.17) is 9.47 Å². The van der Waals surface area contributed by atoms with Gasteiger partial charge >= 0.3 is 5.97 Å². The lowest BCUT2D eigenvalue weighted by molar-refractivity contribution is -0.305. The van der Waals surface area contributed by atoms with Gasteiger partial charge < -0.3 is 24.8 Å². The highest BCUT2D eigenvalue weighted by molar-refractivity contribution is 5.96. The van der Waals surface area contributed by atoms with Crippen LogP contribution in [0.25, 0.3) is 0 Å². The van der Waals surface area contributed by atoms with E-state index in [2.05, 4.69) is 6.58 Å². The van der Waals surface area contributed by atoms with Crippen LogP contribution in [0.1, 0.15) is 26.7 Å². The summed E-state index contributed by atoms with van der Waals surface area (Å²) >= 11 is 0. The molecule has 2 aliphatic heterocycles. The molecular formula is C20H24O7. The molecule has 0 unspecified atom stereocenters. The van der Waals surface area contributed by atoms with Gasteiger partial charge in [0, 0.05) is 22.7 Å². The molecule has 2 heterocycles. The van der Waals surface area contributed by atoms with Crippen LogP contribution >= 0.6 is 0 Å². The van der Waals surface area contributed by atoms with Crippen LogP contribution in [-0.4, -0.2) is 57.8 Å². The molecule has 0 aromatic rings. The Morgan fingerprint density at radius 3 is 2.63 bits per heavy atom. The molecule has 7 nitrogen and oxygen atoms in total. The first-order valence-corrected chi connectivity index (χ1v) is 9.41. The van der Waals surface area contributed by atoms with Gasteiger partial charge in [0.25, 0.3) is 0 Å². The molecule has 0 amide bonds. The third-order valence-corrected chi connectivity index (χ3v) is 8.19. The predicted molar refractivity (Wildman–Crippen MR) is 90.9 cm³/mol. The Hall–Kier alpha value is -1.54. The quantitative estimate of drug-likeness (QED) is 0.405. The summed E-state index contributed by atoms with van der Waals surface area (Å²) in [6.45, 7) is 7.64. The van der Waals surface area contributed by atoms with Crippen LogP contribution in [0.15, 0.2) is 23.8 Å². The molecule has 2 saturated carbocycles. The summed E-state index contributed by atoms with van der Waals surface area (Å²) in [6.07, 6.45) is -1.36. The molecule has 2 bridgehead atoms. The summed E-state index contributed by atoms with van der Waals surface area (Å²) in [4.78, 5) is 24.8. The van der Waals surface area contributed by atoms with Crippen molar-refractivity contribution in [1.82, 2.24) is 0 Å². The average molecular weight is 376 g/mol. The SMILES string of the molecule is C=C1[C@H](O)[C@@]2(O)OC[C@]34[C@H]2[C@@]2(C)[C@@H](O)C(=O)C=C(C)[C@@H]2C[C@H]3OC(=O)C[C@@H]14. The molecular weight excluding hydrogens is 352 g/mol. The van der Waals surface area contributed by atoms with Gasteiger partial charge in [0.2, 0.25) is 0 Å². The van der Waals surface area contributed by atoms with E-state index >= 15 is 0 Å². The van der Waals surface area contributed by atoms with E-state index in [-0.39, 0.29) is 24.9 Å². The van der Waals surface area contributed by atoms with Crippen molar-refractivity contribution in [3.05, 3.63) is 23.8 Å². The zero-order valence-electron chi connectivity index (χ0n) is 15.3. The van der Waals surface area contributed by atoms with Crippen LogP contribution in [0, 0.1) is 28.6 Å². The lowest BCUT2D eigenvalue weighted by atomic mass is 9.39. The Labute approximate surface area is 156 Å². The number of aliphatic hydroxyl groups excluding tert-OH is 2. The second-order valence-electron chi connectivity index (χ2n) is 9.15. The minimum Gasteiger partial charge on any atom is -0.462 e. The van der Waals surface area contributed by atoms with E-state index < -0.39 is 52.5 Å². The van der Waals surface area contributed by atoms with Gasteiger partial charge in [-0.2, -0.15) is 0 Å². The highest BCUT2D eigenvalue weighted by Crippen LogP contribution is 2.73. The number of aliphatic hydroxyl groups is 3. The minimum atomic E-state index is -1.98. The van der Waals surface area contributed by atoms with Crippen molar-refractivity contribution in [2.24, 2.45) is 28.6 Å². The standard InChI is InChI=1S/C20H24O7/c1-8-4-12(21)16(24)18(3)10(8)5-13-19-7-26-20(25,17(18)19)15(23)9(2)11(19)6-14(22)27-13/h4,10-11,13,15-17,23-25H,2,5-7H2,1,3H3/t10-,11-,13+,15-,16-,17+,18+,19+,20+/m0/s1. The summed E-state index contributed by atoms with van der Waals surface area (Å²) in [5.74, 6) is -4.25. The van der Waals surface area contributed by atoms with Crippen molar-refractivity contribution in [2.75, 3.05) is 6.61 Å². The maximum Gasteiger partial charge on any atom is 0.306 e. The minimum absolute atomic E-state index is 0.0436. The lowest BCUT2D eigenvalue weighted by Gasteiger charge is -2.66. The second kappa shape index (κ2) is 4.89. The molecule has 0 aromatic heterocycles. The summed E-state index contributed by atoms with van der Waals surface area (Å²) < 4.78 is 11.5. The van der Waals surface area contributed by atoms with Gasteiger partial charge in [0.15, 0.2) is 11.6 Å². The number of carbonyl (C=O) groups is 2. The molecule has 146 valence electrons. The third-order valence-electron chi connectivity index (χ3n) is 8.19. The number of esters is 1. The molecule has 5 aliphatic rings. The summed E-state index contributed by atoms with van der Waals surface area (Å²) in [7, 11) is 0. The van der Waals surface area contributed by atoms with Crippen LogP contribution in [-0.2, 0) is 19.1 Å². The van der Waals surface area contributed by atoms with Crippen molar-refractivity contribution in [3.63, 3.8) is 0 Å². The van der Waals surface area contributed by atoms with Crippen molar-refractivity contribution in [3.8, 4) is 0 Å². The average Bonchev–Trinajstić information content (AvgIpc) is 2.90. The predicted octanol–water partition coefficient (Wildman–Crippen LogP) is 0.0863. The Bertz CT molecular complexity index is 817. The van der Waals surface area contributed by atoms with Crippen LogP contribution < -0.4 is 0 Å². The monoisotopic (exact) mass is 376 g/mol. The zero-order chi connectivity index (χ0) is 19.5. The van der Waals surface area contributed by atoms with Gasteiger partial charge in [-0.05, 0) is 30.9 Å². The van der Waals surface area contributed by atoms with Crippen molar-refractivity contribution in [2.45, 2.75) is 50.8 Å². The van der Waals surface area contributed by atoms with Crippen molar-refractivity contribution < 1.29 is 34.4 Å². The summed E-state index contributed by atoms with van der Waals surface area (Å²) in [5, 5.41) is 33.3. The van der Waals surface area contributed by atoms with E-state index in [1.54, 1.807) is 6.92 Å². The van der Waals surface area contributed by atoms with E-state index in [1.807, 2.05) is 6.92 Å². The zero-order valence-corrected chi connectivity index (χ0v) is 15.3. The van der Waals surface area contributed by atoms with Gasteiger partial charge in [-0.3, -0.25) is 9.59 Å². The van der Waals surface area contributed by atoms with Gasteiger partial charge in [0.1, 0.15) is 18.3 Å². The number of allylic oxidation sites excluding steroid dienone is 1. The van der Waals surface area contributed by atoms with Gasteiger partial charge in [0.05, 0.1) is 13.0 Å². The number of rotatable bonds is 0. The lowest BCUT2D eigenvalue weighted by Crippen LogP contribution is -2.74. The van der Waals surface area contributed by atoms with E-state index in [0.29, 0.717) is 12.0 Å². The van der Waals surface area contributed by atoms with Crippen LogP contribution in [0.2, 0.25) is 0 Å². The topological polar surface area (TPSA) is 113 Å². The van der Waals surface area contributed by atoms with E-state index in [1.165, 1.54) is 6.08 Å². The normalized spacial score (nSPS) is 56.2. The second-order valence-corrected chi connectivity index (χ2v) is 9.15. The highest BCUT2D eigenvalue weighted by atomic mass is 16.6.